The third kappa shape index (κ3) is 5.96. The fraction of sp³-hybridized carbons (Fsp3) is 0. The molecule has 8 aromatic carbocycles. The minimum absolute atomic E-state index is 0.631. The Morgan fingerprint density at radius 1 is 0.339 bits per heavy atom. The van der Waals surface area contributed by atoms with Crippen LogP contribution in [-0.2, 0) is 0 Å². The molecule has 0 saturated carbocycles. The molecule has 0 aliphatic heterocycles. The predicted molar refractivity (Wildman–Crippen MR) is 253 cm³/mol. The van der Waals surface area contributed by atoms with Crippen molar-refractivity contribution in [2.45, 2.75) is 0 Å². The average Bonchev–Trinajstić information content (AvgIpc) is 3.87. The van der Waals surface area contributed by atoms with Gasteiger partial charge in [0.1, 0.15) is 5.52 Å². The Kier molecular flexibility index (Phi) is 8.38. The van der Waals surface area contributed by atoms with Crippen LogP contribution in [0.1, 0.15) is 0 Å². The lowest BCUT2D eigenvalue weighted by Crippen LogP contribution is -2.01. The van der Waals surface area contributed by atoms with Gasteiger partial charge in [0.15, 0.2) is 5.82 Å². The lowest BCUT2D eigenvalue weighted by molar-refractivity contribution is 0.992. The second-order valence-electron chi connectivity index (χ2n) is 15.5. The molecular weight excluding hydrogens is 757 g/mol. The molecule has 290 valence electrons. The van der Waals surface area contributed by atoms with Crippen LogP contribution < -0.4 is 0 Å². The molecule has 62 heavy (non-hydrogen) atoms. The van der Waals surface area contributed by atoms with Gasteiger partial charge in [-0.25, -0.2) is 19.9 Å². The van der Waals surface area contributed by atoms with E-state index in [1.807, 2.05) is 42.6 Å². The molecule has 0 unspecified atom stereocenters. The molecule has 12 aromatic rings. The molecule has 0 saturated heterocycles. The maximum absolute atomic E-state index is 5.37. The van der Waals surface area contributed by atoms with Crippen molar-refractivity contribution >= 4 is 43.7 Å². The summed E-state index contributed by atoms with van der Waals surface area (Å²) in [6, 6.07) is 74.2. The largest absolute Gasteiger partial charge is 0.306 e. The Hall–Kier alpha value is -8.48. The number of para-hydroxylation sites is 2. The van der Waals surface area contributed by atoms with E-state index in [4.69, 9.17) is 19.9 Å². The molecule has 0 N–H and O–H groups in total. The van der Waals surface area contributed by atoms with Crippen molar-refractivity contribution in [2.24, 2.45) is 0 Å². The van der Waals surface area contributed by atoms with Crippen LogP contribution in [0, 0.1) is 0 Å². The molecule has 6 heteroatoms. The van der Waals surface area contributed by atoms with E-state index in [1.165, 1.54) is 11.1 Å². The van der Waals surface area contributed by atoms with Gasteiger partial charge in [-0.15, -0.1) is 0 Å². The zero-order valence-electron chi connectivity index (χ0n) is 33.5. The number of fused-ring (bicyclic) bond motifs is 6. The molecular formula is C56H36N6. The zero-order valence-corrected chi connectivity index (χ0v) is 33.5. The SMILES string of the molecule is c1ccc(-c2ccc(-c3ccnc(-n4c5ccccc5c5cc(-c6ccc7c(c6)c6nc(-c8ccccc8)nc(-c8ccccc8)c6n7-c6ccccc6)ccc54)n3)cc2)cc1. The summed E-state index contributed by atoms with van der Waals surface area (Å²) in [7, 11) is 0. The minimum atomic E-state index is 0.631. The van der Waals surface area contributed by atoms with E-state index in [0.29, 0.717) is 11.8 Å². The van der Waals surface area contributed by atoms with Crippen LogP contribution in [0.25, 0.3) is 112 Å². The van der Waals surface area contributed by atoms with Gasteiger partial charge < -0.3 is 4.57 Å². The Bertz CT molecular complexity index is 3600. The summed E-state index contributed by atoms with van der Waals surface area (Å²) in [5, 5.41) is 3.33. The molecule has 0 aliphatic rings. The van der Waals surface area contributed by atoms with Gasteiger partial charge >= 0.3 is 0 Å². The number of rotatable bonds is 7. The Balaban J connectivity index is 1.02. The summed E-state index contributed by atoms with van der Waals surface area (Å²) < 4.78 is 4.49. The molecule has 0 aliphatic carbocycles. The van der Waals surface area contributed by atoms with E-state index >= 15 is 0 Å². The summed E-state index contributed by atoms with van der Waals surface area (Å²) in [4.78, 5) is 20.6. The Morgan fingerprint density at radius 3 is 1.58 bits per heavy atom. The van der Waals surface area contributed by atoms with Crippen molar-refractivity contribution in [1.29, 1.82) is 0 Å². The molecule has 0 spiro atoms. The maximum Gasteiger partial charge on any atom is 0.235 e. The summed E-state index contributed by atoms with van der Waals surface area (Å²) in [6.45, 7) is 0. The third-order valence-corrected chi connectivity index (χ3v) is 11.8. The fourth-order valence-electron chi connectivity index (χ4n) is 8.88. The number of benzene rings is 8. The first-order valence-electron chi connectivity index (χ1n) is 20.8. The van der Waals surface area contributed by atoms with E-state index in [2.05, 4.69) is 185 Å². The van der Waals surface area contributed by atoms with Gasteiger partial charge in [0.25, 0.3) is 0 Å². The number of nitrogens with zero attached hydrogens (tertiary/aromatic N) is 6. The quantitative estimate of drug-likeness (QED) is 0.161. The molecule has 0 radical (unpaired) electrons. The van der Waals surface area contributed by atoms with E-state index in [-0.39, 0.29) is 0 Å². The highest BCUT2D eigenvalue weighted by molar-refractivity contribution is 6.14. The highest BCUT2D eigenvalue weighted by atomic mass is 15.2. The number of aromatic nitrogens is 6. The van der Waals surface area contributed by atoms with Crippen LogP contribution in [0.15, 0.2) is 219 Å². The van der Waals surface area contributed by atoms with Gasteiger partial charge in [-0.3, -0.25) is 4.57 Å². The second-order valence-corrected chi connectivity index (χ2v) is 15.5. The van der Waals surface area contributed by atoms with Crippen LogP contribution >= 0.6 is 0 Å². The van der Waals surface area contributed by atoms with E-state index < -0.39 is 0 Å². The van der Waals surface area contributed by atoms with Gasteiger partial charge in [-0.2, -0.15) is 0 Å². The normalized spacial score (nSPS) is 11.5. The van der Waals surface area contributed by atoms with Crippen molar-refractivity contribution in [3.63, 3.8) is 0 Å². The molecule has 0 fully saturated rings. The second kappa shape index (κ2) is 14.7. The standard InChI is InChI=1S/C56H36N6/c1-5-15-37(16-6-1)38-25-27-39(28-26-38)48-33-34-57-56(58-48)62-49-24-14-13-23-45(49)46-35-42(29-31-50(46)62)43-30-32-51-47(36-43)53-54(61(51)44-21-11-4-12-22-44)52(40-17-7-2-8-18-40)59-55(60-53)41-19-9-3-10-20-41/h1-36H. The summed E-state index contributed by atoms with van der Waals surface area (Å²) in [6.07, 6.45) is 1.86. The summed E-state index contributed by atoms with van der Waals surface area (Å²) >= 11 is 0. The predicted octanol–water partition coefficient (Wildman–Crippen LogP) is 13.8. The first-order valence-corrected chi connectivity index (χ1v) is 20.8. The summed E-state index contributed by atoms with van der Waals surface area (Å²) in [5.74, 6) is 1.33. The first kappa shape index (κ1) is 35.5. The smallest absolute Gasteiger partial charge is 0.235 e. The third-order valence-electron chi connectivity index (χ3n) is 11.8. The minimum Gasteiger partial charge on any atom is -0.306 e. The maximum atomic E-state index is 5.37. The van der Waals surface area contributed by atoms with Crippen molar-refractivity contribution in [3.8, 4) is 67.8 Å². The highest BCUT2D eigenvalue weighted by Gasteiger charge is 2.22. The van der Waals surface area contributed by atoms with Crippen molar-refractivity contribution in [3.05, 3.63) is 219 Å². The van der Waals surface area contributed by atoms with Crippen LogP contribution in [0.4, 0.5) is 0 Å². The van der Waals surface area contributed by atoms with Crippen molar-refractivity contribution in [1.82, 2.24) is 29.1 Å². The fourth-order valence-corrected chi connectivity index (χ4v) is 8.88. The molecule has 4 heterocycles. The first-order chi connectivity index (χ1) is 30.7. The van der Waals surface area contributed by atoms with Crippen molar-refractivity contribution in [2.75, 3.05) is 0 Å². The van der Waals surface area contributed by atoms with Crippen molar-refractivity contribution < 1.29 is 0 Å². The lowest BCUT2D eigenvalue weighted by atomic mass is 10.0. The topological polar surface area (TPSA) is 61.4 Å². The van der Waals surface area contributed by atoms with Gasteiger partial charge in [0.05, 0.1) is 33.5 Å². The van der Waals surface area contributed by atoms with E-state index in [0.717, 1.165) is 88.6 Å². The van der Waals surface area contributed by atoms with Crippen LogP contribution in [-0.4, -0.2) is 29.1 Å². The van der Waals surface area contributed by atoms with E-state index in [1.54, 1.807) is 0 Å². The van der Waals surface area contributed by atoms with Gasteiger partial charge in [0.2, 0.25) is 5.95 Å². The average molecular weight is 793 g/mol. The molecule has 6 nitrogen and oxygen atoms in total. The summed E-state index contributed by atoms with van der Waals surface area (Å²) in [5.41, 5.74) is 15.5. The molecule has 0 bridgehead atoms. The molecule has 4 aromatic heterocycles. The lowest BCUT2D eigenvalue weighted by Gasteiger charge is -2.12. The van der Waals surface area contributed by atoms with Gasteiger partial charge in [-0.1, -0.05) is 164 Å². The Labute approximate surface area is 357 Å². The number of hydrogen-bond donors (Lipinski definition) is 0. The van der Waals surface area contributed by atoms with Gasteiger partial charge in [-0.05, 0) is 70.8 Å². The monoisotopic (exact) mass is 792 g/mol. The molecule has 0 atom stereocenters. The zero-order chi connectivity index (χ0) is 41.0. The molecule has 12 rings (SSSR count). The van der Waals surface area contributed by atoms with Crippen LogP contribution in [0.3, 0.4) is 0 Å². The molecule has 0 amide bonds. The van der Waals surface area contributed by atoms with Crippen LogP contribution in [0.5, 0.6) is 0 Å². The van der Waals surface area contributed by atoms with E-state index in [9.17, 15) is 0 Å². The highest BCUT2D eigenvalue weighted by Crippen LogP contribution is 2.41. The van der Waals surface area contributed by atoms with Crippen LogP contribution in [0.2, 0.25) is 0 Å². The Morgan fingerprint density at radius 2 is 0.871 bits per heavy atom. The number of hydrogen-bond acceptors (Lipinski definition) is 4. The van der Waals surface area contributed by atoms with Gasteiger partial charge in [0, 0.05) is 44.7 Å².